The van der Waals surface area contributed by atoms with Crippen LogP contribution in [-0.2, 0) is 17.1 Å². The van der Waals surface area contributed by atoms with Gasteiger partial charge >= 0.3 is 12.4 Å². The highest BCUT2D eigenvalue weighted by Crippen LogP contribution is 2.38. The lowest BCUT2D eigenvalue weighted by molar-refractivity contribution is -0.143. The van der Waals surface area contributed by atoms with Crippen molar-refractivity contribution in [3.8, 4) is 5.75 Å². The maximum Gasteiger partial charge on any atom is 0.416 e. The maximum absolute atomic E-state index is 12.7. The lowest BCUT2D eigenvalue weighted by Crippen LogP contribution is -2.32. The number of alkyl halides is 6. The van der Waals surface area contributed by atoms with Gasteiger partial charge in [0.2, 0.25) is 0 Å². The van der Waals surface area contributed by atoms with Gasteiger partial charge < -0.3 is 9.64 Å². The molecule has 0 atom stereocenters. The Morgan fingerprint density at radius 3 is 1.87 bits per heavy atom. The Hall–Kier alpha value is -1.93. The second kappa shape index (κ2) is 6.29. The molecule has 0 aliphatic carbocycles. The number of ether oxygens (including phenoxy) is 1. The molecule has 0 spiro atoms. The van der Waals surface area contributed by atoms with Crippen LogP contribution in [0.15, 0.2) is 18.2 Å². The van der Waals surface area contributed by atoms with Crippen molar-refractivity contribution >= 4 is 5.91 Å². The Labute approximate surface area is 127 Å². The minimum atomic E-state index is -4.95. The van der Waals surface area contributed by atoms with Crippen LogP contribution in [0, 0.1) is 0 Å². The first-order chi connectivity index (χ1) is 10.6. The third kappa shape index (κ3) is 4.52. The number of amides is 1. The van der Waals surface area contributed by atoms with E-state index in [0.29, 0.717) is 25.2 Å². The summed E-state index contributed by atoms with van der Waals surface area (Å²) in [6.45, 7) is 0.426. The van der Waals surface area contributed by atoms with Gasteiger partial charge in [-0.05, 0) is 31.0 Å². The number of carbonyl (C=O) groups is 1. The fourth-order valence-electron chi connectivity index (χ4n) is 2.21. The Balaban J connectivity index is 2.18. The van der Waals surface area contributed by atoms with Gasteiger partial charge in [-0.25, -0.2) is 0 Å². The van der Waals surface area contributed by atoms with Crippen molar-refractivity contribution in [2.24, 2.45) is 0 Å². The molecule has 0 radical (unpaired) electrons. The molecule has 2 rings (SSSR count). The van der Waals surface area contributed by atoms with E-state index in [1.807, 2.05) is 0 Å². The third-order valence-corrected chi connectivity index (χ3v) is 3.38. The SMILES string of the molecule is O=C(COc1cc(C(F)(F)F)cc(C(F)(F)F)c1)N1CCCC1. The van der Waals surface area contributed by atoms with Crippen molar-refractivity contribution in [1.29, 1.82) is 0 Å². The van der Waals surface area contributed by atoms with Gasteiger partial charge in [-0.3, -0.25) is 4.79 Å². The molecule has 0 N–H and O–H groups in total. The fourth-order valence-corrected chi connectivity index (χ4v) is 2.21. The molecule has 1 saturated heterocycles. The zero-order chi connectivity index (χ0) is 17.3. The van der Waals surface area contributed by atoms with E-state index in [9.17, 15) is 31.1 Å². The van der Waals surface area contributed by atoms with Crippen molar-refractivity contribution in [2.75, 3.05) is 19.7 Å². The highest BCUT2D eigenvalue weighted by atomic mass is 19.4. The van der Waals surface area contributed by atoms with Crippen molar-refractivity contribution in [1.82, 2.24) is 4.90 Å². The monoisotopic (exact) mass is 341 g/mol. The summed E-state index contributed by atoms with van der Waals surface area (Å²) >= 11 is 0. The summed E-state index contributed by atoms with van der Waals surface area (Å²) < 4.78 is 81.0. The summed E-state index contributed by atoms with van der Waals surface area (Å²) in [6.07, 6.45) is -8.27. The van der Waals surface area contributed by atoms with Crippen molar-refractivity contribution < 1.29 is 35.9 Å². The van der Waals surface area contributed by atoms with Crippen LogP contribution in [0.25, 0.3) is 0 Å². The number of carbonyl (C=O) groups excluding carboxylic acids is 1. The van der Waals surface area contributed by atoms with Crippen LogP contribution in [0.3, 0.4) is 0 Å². The Morgan fingerprint density at radius 2 is 1.43 bits per heavy atom. The normalized spacial score (nSPS) is 15.8. The van der Waals surface area contributed by atoms with E-state index in [4.69, 9.17) is 4.74 Å². The number of benzene rings is 1. The van der Waals surface area contributed by atoms with Gasteiger partial charge in [0.1, 0.15) is 5.75 Å². The van der Waals surface area contributed by atoms with Gasteiger partial charge in [-0.2, -0.15) is 26.3 Å². The predicted molar refractivity (Wildman–Crippen MR) is 67.8 cm³/mol. The van der Waals surface area contributed by atoms with Gasteiger partial charge in [0.15, 0.2) is 6.61 Å². The molecule has 1 aliphatic rings. The second-order valence-electron chi connectivity index (χ2n) is 5.12. The van der Waals surface area contributed by atoms with Crippen LogP contribution < -0.4 is 4.74 Å². The minimum Gasteiger partial charge on any atom is -0.484 e. The van der Waals surface area contributed by atoms with Crippen LogP contribution in [0.1, 0.15) is 24.0 Å². The molecule has 1 amide bonds. The molecule has 0 saturated carbocycles. The number of halogens is 6. The summed E-state index contributed by atoms with van der Waals surface area (Å²) in [5.41, 5.74) is -2.95. The standard InChI is InChI=1S/C14H13F6NO2/c15-13(16,17)9-5-10(14(18,19)20)7-11(6-9)23-8-12(22)21-3-1-2-4-21/h5-7H,1-4,8H2. The molecule has 1 aromatic rings. The molecule has 9 heteroatoms. The summed E-state index contributed by atoms with van der Waals surface area (Å²) in [5, 5.41) is 0. The van der Waals surface area contributed by atoms with Crippen LogP contribution in [0.5, 0.6) is 5.75 Å². The zero-order valence-electron chi connectivity index (χ0n) is 11.8. The van der Waals surface area contributed by atoms with Gasteiger partial charge in [-0.15, -0.1) is 0 Å². The van der Waals surface area contributed by atoms with Gasteiger partial charge in [0, 0.05) is 13.1 Å². The van der Waals surface area contributed by atoms with E-state index < -0.39 is 41.7 Å². The van der Waals surface area contributed by atoms with E-state index in [-0.39, 0.29) is 6.07 Å². The molecule has 1 fully saturated rings. The lowest BCUT2D eigenvalue weighted by Gasteiger charge is -2.17. The maximum atomic E-state index is 12.7. The number of hydrogen-bond acceptors (Lipinski definition) is 2. The average Bonchev–Trinajstić information content (AvgIpc) is 2.96. The number of rotatable bonds is 3. The summed E-state index contributed by atoms with van der Waals surface area (Å²) in [5.74, 6) is -1.10. The van der Waals surface area contributed by atoms with Crippen molar-refractivity contribution in [2.45, 2.75) is 25.2 Å². The van der Waals surface area contributed by atoms with Gasteiger partial charge in [-0.1, -0.05) is 0 Å². The Kier molecular flexibility index (Phi) is 4.76. The first kappa shape index (κ1) is 17.4. The van der Waals surface area contributed by atoms with Crippen LogP contribution in [0.2, 0.25) is 0 Å². The van der Waals surface area contributed by atoms with Crippen LogP contribution in [-0.4, -0.2) is 30.5 Å². The molecule has 3 nitrogen and oxygen atoms in total. The van der Waals surface area contributed by atoms with Crippen LogP contribution in [0.4, 0.5) is 26.3 Å². The summed E-state index contributed by atoms with van der Waals surface area (Å²) in [7, 11) is 0. The predicted octanol–water partition coefficient (Wildman–Crippen LogP) is 3.73. The molecular formula is C14H13F6NO2. The largest absolute Gasteiger partial charge is 0.484 e. The fraction of sp³-hybridized carbons (Fsp3) is 0.500. The van der Waals surface area contributed by atoms with Gasteiger partial charge in [0.25, 0.3) is 5.91 Å². The zero-order valence-corrected chi connectivity index (χ0v) is 11.8. The average molecular weight is 341 g/mol. The quantitative estimate of drug-likeness (QED) is 0.784. The van der Waals surface area contributed by atoms with E-state index in [1.54, 1.807) is 0 Å². The number of nitrogens with zero attached hydrogens (tertiary/aromatic N) is 1. The molecule has 0 aromatic heterocycles. The molecule has 0 bridgehead atoms. The smallest absolute Gasteiger partial charge is 0.416 e. The van der Waals surface area contributed by atoms with Crippen molar-refractivity contribution in [3.63, 3.8) is 0 Å². The molecular weight excluding hydrogens is 328 g/mol. The molecule has 1 aliphatic heterocycles. The topological polar surface area (TPSA) is 29.5 Å². The Morgan fingerprint density at radius 1 is 0.957 bits per heavy atom. The van der Waals surface area contributed by atoms with E-state index in [2.05, 4.69) is 0 Å². The Bertz CT molecular complexity index is 543. The molecule has 0 unspecified atom stereocenters. The van der Waals surface area contributed by atoms with E-state index in [0.717, 1.165) is 12.8 Å². The van der Waals surface area contributed by atoms with E-state index in [1.165, 1.54) is 4.90 Å². The second-order valence-corrected chi connectivity index (χ2v) is 5.12. The lowest BCUT2D eigenvalue weighted by atomic mass is 10.1. The van der Waals surface area contributed by atoms with Gasteiger partial charge in [0.05, 0.1) is 11.1 Å². The highest BCUT2D eigenvalue weighted by Gasteiger charge is 2.37. The van der Waals surface area contributed by atoms with Crippen LogP contribution >= 0.6 is 0 Å². The summed E-state index contributed by atoms with van der Waals surface area (Å²) in [4.78, 5) is 13.2. The summed E-state index contributed by atoms with van der Waals surface area (Å²) in [6, 6.07) is 0.911. The van der Waals surface area contributed by atoms with Crippen molar-refractivity contribution in [3.05, 3.63) is 29.3 Å². The molecule has 1 heterocycles. The third-order valence-electron chi connectivity index (χ3n) is 3.38. The first-order valence-electron chi connectivity index (χ1n) is 6.77. The molecule has 1 aromatic carbocycles. The molecule has 23 heavy (non-hydrogen) atoms. The van der Waals surface area contributed by atoms with E-state index >= 15 is 0 Å². The first-order valence-corrected chi connectivity index (χ1v) is 6.77. The number of hydrogen-bond donors (Lipinski definition) is 0. The highest BCUT2D eigenvalue weighted by molar-refractivity contribution is 5.78. The molecule has 128 valence electrons. The minimum absolute atomic E-state index is 0.00908. The number of likely N-dealkylation sites (tertiary alicyclic amines) is 1.